The van der Waals surface area contributed by atoms with E-state index in [1.807, 2.05) is 50.1 Å². The van der Waals surface area contributed by atoms with Gasteiger partial charge in [-0.2, -0.15) is 4.39 Å². The van der Waals surface area contributed by atoms with E-state index in [4.69, 9.17) is 4.74 Å². The van der Waals surface area contributed by atoms with Gasteiger partial charge in [-0.25, -0.2) is 13.6 Å². The first-order valence-corrected chi connectivity index (χ1v) is 9.13. The molecule has 0 saturated heterocycles. The summed E-state index contributed by atoms with van der Waals surface area (Å²) >= 11 is 0. The van der Waals surface area contributed by atoms with Gasteiger partial charge in [-0.3, -0.25) is 0 Å². The number of esters is 1. The fourth-order valence-electron chi connectivity index (χ4n) is 3.89. The molecule has 0 bridgehead atoms. The van der Waals surface area contributed by atoms with Gasteiger partial charge in [-0.05, 0) is 36.3 Å². The molecular weight excluding hydrogens is 379 g/mol. The number of benzene rings is 2. The molecule has 2 aliphatic rings. The third-order valence-corrected chi connectivity index (χ3v) is 5.26. The Morgan fingerprint density at radius 3 is 2.52 bits per heavy atom. The fraction of sp³-hybridized carbons (Fsp3) is 0.174. The topological polar surface area (TPSA) is 29.5 Å². The van der Waals surface area contributed by atoms with Crippen molar-refractivity contribution in [2.45, 2.75) is 13.8 Å². The summed E-state index contributed by atoms with van der Waals surface area (Å²) in [5, 5.41) is 0. The normalized spacial score (nSPS) is 18.0. The van der Waals surface area contributed by atoms with Gasteiger partial charge in [0, 0.05) is 29.9 Å². The van der Waals surface area contributed by atoms with Gasteiger partial charge in [0.25, 0.3) is 0 Å². The predicted octanol–water partition coefficient (Wildman–Crippen LogP) is 5.39. The maximum Gasteiger partial charge on any atom is 0.344 e. The summed E-state index contributed by atoms with van der Waals surface area (Å²) in [5.41, 5.74) is 4.06. The molecule has 0 fully saturated rings. The van der Waals surface area contributed by atoms with Crippen molar-refractivity contribution in [3.63, 3.8) is 0 Å². The molecule has 1 atom stereocenters. The standard InChI is InChI=1S/C23H18F3NO2/c1-12-8-9-13(2)21-18(12)19(14-6-4-5-7-17(14)27(21)3)23(28)29-22-16(25)11-10-15(24)20(22)26/h4-12H,1-3H3. The van der Waals surface area contributed by atoms with E-state index in [1.165, 1.54) is 0 Å². The number of hydrogen-bond acceptors (Lipinski definition) is 3. The van der Waals surface area contributed by atoms with Gasteiger partial charge in [-0.15, -0.1) is 0 Å². The monoisotopic (exact) mass is 397 g/mol. The zero-order valence-corrected chi connectivity index (χ0v) is 16.1. The van der Waals surface area contributed by atoms with E-state index in [0.717, 1.165) is 23.0 Å². The lowest BCUT2D eigenvalue weighted by Gasteiger charge is -2.37. The van der Waals surface area contributed by atoms with Crippen molar-refractivity contribution in [1.29, 1.82) is 0 Å². The molecule has 0 spiro atoms. The molecule has 2 aromatic carbocycles. The smallest absolute Gasteiger partial charge is 0.344 e. The van der Waals surface area contributed by atoms with Crippen LogP contribution in [0.1, 0.15) is 19.4 Å². The van der Waals surface area contributed by atoms with Crippen molar-refractivity contribution in [3.8, 4) is 5.75 Å². The Bertz CT molecular complexity index is 1130. The average molecular weight is 397 g/mol. The number of ether oxygens (including phenoxy) is 1. The Morgan fingerprint density at radius 1 is 1.07 bits per heavy atom. The van der Waals surface area contributed by atoms with Gasteiger partial charge < -0.3 is 9.64 Å². The van der Waals surface area contributed by atoms with Gasteiger partial charge in [-0.1, -0.05) is 37.3 Å². The zero-order valence-electron chi connectivity index (χ0n) is 16.1. The number of carbonyl (C=O) groups is 1. The highest BCUT2D eigenvalue weighted by Crippen LogP contribution is 2.46. The number of nitrogens with zero attached hydrogens (tertiary/aromatic N) is 1. The Balaban J connectivity index is 1.92. The van der Waals surface area contributed by atoms with Crippen LogP contribution in [0.2, 0.25) is 0 Å². The van der Waals surface area contributed by atoms with Crippen molar-refractivity contribution in [1.82, 2.24) is 0 Å². The number of hydrogen-bond donors (Lipinski definition) is 0. The minimum absolute atomic E-state index is 0.130. The lowest BCUT2D eigenvalue weighted by atomic mass is 9.80. The molecule has 2 aromatic rings. The molecule has 0 aromatic heterocycles. The van der Waals surface area contributed by atoms with Gasteiger partial charge in [0.15, 0.2) is 11.6 Å². The summed E-state index contributed by atoms with van der Waals surface area (Å²) < 4.78 is 46.8. The molecule has 4 rings (SSSR count). The van der Waals surface area contributed by atoms with Crippen LogP contribution in [0.3, 0.4) is 0 Å². The lowest BCUT2D eigenvalue weighted by Crippen LogP contribution is -2.31. The van der Waals surface area contributed by atoms with Crippen molar-refractivity contribution in [2.24, 2.45) is 5.92 Å². The first-order valence-electron chi connectivity index (χ1n) is 9.13. The summed E-state index contributed by atoms with van der Waals surface area (Å²) in [4.78, 5) is 15.1. The molecule has 148 valence electrons. The number of allylic oxidation sites excluding steroid dienone is 4. The summed E-state index contributed by atoms with van der Waals surface area (Å²) in [5.74, 6) is -6.08. The van der Waals surface area contributed by atoms with E-state index < -0.39 is 29.2 Å². The number of halogens is 3. The number of rotatable bonds is 2. The summed E-state index contributed by atoms with van der Waals surface area (Å²) in [6, 6.07) is 8.59. The number of anilines is 1. The largest absolute Gasteiger partial charge is 0.416 e. The average Bonchev–Trinajstić information content (AvgIpc) is 2.71. The maximum absolute atomic E-state index is 14.1. The van der Waals surface area contributed by atoms with Crippen LogP contribution in [-0.4, -0.2) is 13.0 Å². The van der Waals surface area contributed by atoms with E-state index >= 15 is 0 Å². The predicted molar refractivity (Wildman–Crippen MR) is 105 cm³/mol. The number of likely N-dealkylation sites (N-methyl/N-ethyl adjacent to an activating group) is 1. The highest BCUT2D eigenvalue weighted by Gasteiger charge is 2.36. The molecule has 0 saturated carbocycles. The van der Waals surface area contributed by atoms with Crippen molar-refractivity contribution in [3.05, 3.63) is 88.4 Å². The van der Waals surface area contributed by atoms with Crippen LogP contribution >= 0.6 is 0 Å². The SMILES string of the molecule is CC1=C2C(=C(C(=O)Oc3c(F)ccc(F)c3F)c3ccccc3N2C)C(C)C=C1. The van der Waals surface area contributed by atoms with Crippen LogP contribution in [0, 0.1) is 23.4 Å². The number of fused-ring (bicyclic) bond motifs is 2. The molecule has 3 nitrogen and oxygen atoms in total. The summed E-state index contributed by atoms with van der Waals surface area (Å²) in [6.45, 7) is 3.85. The molecule has 6 heteroatoms. The first kappa shape index (κ1) is 19.1. The molecule has 0 N–H and O–H groups in total. The van der Waals surface area contributed by atoms with E-state index in [1.54, 1.807) is 12.1 Å². The molecule has 0 radical (unpaired) electrons. The molecule has 1 aliphatic heterocycles. The van der Waals surface area contributed by atoms with Crippen molar-refractivity contribution < 1.29 is 22.7 Å². The minimum Gasteiger partial charge on any atom is -0.416 e. The van der Waals surface area contributed by atoms with Gasteiger partial charge in [0.05, 0.1) is 5.57 Å². The van der Waals surface area contributed by atoms with Crippen LogP contribution in [0.4, 0.5) is 18.9 Å². The molecule has 0 amide bonds. The van der Waals surface area contributed by atoms with Gasteiger partial charge in [0.1, 0.15) is 0 Å². The van der Waals surface area contributed by atoms with Crippen molar-refractivity contribution >= 4 is 17.2 Å². The third-order valence-electron chi connectivity index (χ3n) is 5.26. The minimum atomic E-state index is -1.53. The molecule has 1 unspecified atom stereocenters. The van der Waals surface area contributed by atoms with E-state index in [-0.39, 0.29) is 11.5 Å². The molecular formula is C23H18F3NO2. The van der Waals surface area contributed by atoms with E-state index in [2.05, 4.69) is 0 Å². The maximum atomic E-state index is 14.1. The Morgan fingerprint density at radius 2 is 1.76 bits per heavy atom. The summed E-state index contributed by atoms with van der Waals surface area (Å²) in [7, 11) is 1.90. The van der Waals surface area contributed by atoms with Crippen LogP contribution in [0.25, 0.3) is 5.57 Å². The van der Waals surface area contributed by atoms with Crippen LogP contribution < -0.4 is 9.64 Å². The Kier molecular flexibility index (Phi) is 4.57. The van der Waals surface area contributed by atoms with Gasteiger partial charge in [0.2, 0.25) is 11.6 Å². The lowest BCUT2D eigenvalue weighted by molar-refractivity contribution is -0.128. The van der Waals surface area contributed by atoms with Crippen molar-refractivity contribution in [2.75, 3.05) is 11.9 Å². The highest BCUT2D eigenvalue weighted by atomic mass is 19.2. The van der Waals surface area contributed by atoms with E-state index in [0.29, 0.717) is 17.2 Å². The highest BCUT2D eigenvalue weighted by molar-refractivity contribution is 6.22. The zero-order chi connectivity index (χ0) is 20.9. The van der Waals surface area contributed by atoms with Crippen LogP contribution in [-0.2, 0) is 4.79 Å². The third kappa shape index (κ3) is 2.95. The summed E-state index contributed by atoms with van der Waals surface area (Å²) in [6.07, 6.45) is 3.93. The first-order chi connectivity index (χ1) is 13.8. The van der Waals surface area contributed by atoms with Crippen LogP contribution in [0.15, 0.2) is 65.4 Å². The Hall–Kier alpha value is -3.28. The second-order valence-corrected chi connectivity index (χ2v) is 7.11. The number of para-hydroxylation sites is 1. The van der Waals surface area contributed by atoms with Crippen LogP contribution in [0.5, 0.6) is 5.75 Å². The second-order valence-electron chi connectivity index (χ2n) is 7.11. The quantitative estimate of drug-likeness (QED) is 0.386. The van der Waals surface area contributed by atoms with E-state index in [9.17, 15) is 18.0 Å². The second kappa shape index (κ2) is 6.95. The van der Waals surface area contributed by atoms with Gasteiger partial charge >= 0.3 is 5.97 Å². The fourth-order valence-corrected chi connectivity index (χ4v) is 3.89. The molecule has 1 aliphatic carbocycles. The Labute approximate surface area is 166 Å². The molecule has 1 heterocycles. The molecule has 29 heavy (non-hydrogen) atoms. The number of carbonyl (C=O) groups excluding carboxylic acids is 1.